The van der Waals surface area contributed by atoms with Crippen molar-refractivity contribution >= 4 is 0 Å². The molecule has 0 radical (unpaired) electrons. The second kappa shape index (κ2) is 7.66. The molecule has 0 aromatic heterocycles. The normalized spacial score (nSPS) is 16.8. The average Bonchev–Trinajstić information content (AvgIpc) is 3.26. The Balaban J connectivity index is 1.75. The lowest BCUT2D eigenvalue weighted by Gasteiger charge is -2.28. The summed E-state index contributed by atoms with van der Waals surface area (Å²) in [5.41, 5.74) is 1.44. The Labute approximate surface area is 118 Å². The lowest BCUT2D eigenvalue weighted by molar-refractivity contribution is 0.224. The molecule has 1 aliphatic rings. The molecule has 19 heavy (non-hydrogen) atoms. The van der Waals surface area contributed by atoms with E-state index >= 15 is 0 Å². The molecule has 0 bridgehead atoms. The van der Waals surface area contributed by atoms with Gasteiger partial charge in [0.2, 0.25) is 0 Å². The second-order valence-electron chi connectivity index (χ2n) is 5.84. The summed E-state index contributed by atoms with van der Waals surface area (Å²) in [6.45, 7) is 4.60. The molecule has 106 valence electrons. The summed E-state index contributed by atoms with van der Waals surface area (Å²) in [6.07, 6.45) is 6.48. The third kappa shape index (κ3) is 5.33. The lowest BCUT2D eigenvalue weighted by atomic mass is 10.1. The maximum atomic E-state index is 3.68. The quantitative estimate of drug-likeness (QED) is 0.734. The predicted octanol–water partition coefficient (Wildman–Crippen LogP) is 3.08. The van der Waals surface area contributed by atoms with E-state index in [1.54, 1.807) is 0 Å². The summed E-state index contributed by atoms with van der Waals surface area (Å²) < 4.78 is 0. The van der Waals surface area contributed by atoms with Crippen molar-refractivity contribution in [2.24, 2.45) is 0 Å². The molecular weight excluding hydrogens is 232 g/mol. The van der Waals surface area contributed by atoms with E-state index in [4.69, 9.17) is 0 Å². The van der Waals surface area contributed by atoms with E-state index in [0.29, 0.717) is 6.04 Å². The molecule has 1 atom stereocenters. The second-order valence-corrected chi connectivity index (χ2v) is 5.84. The number of hydrogen-bond acceptors (Lipinski definition) is 2. The lowest BCUT2D eigenvalue weighted by Crippen LogP contribution is -2.41. The zero-order chi connectivity index (χ0) is 13.5. The molecule has 0 heterocycles. The van der Waals surface area contributed by atoms with Crippen LogP contribution in [-0.2, 0) is 6.42 Å². The summed E-state index contributed by atoms with van der Waals surface area (Å²) in [5.74, 6) is 0. The van der Waals surface area contributed by atoms with Crippen molar-refractivity contribution in [2.75, 3.05) is 20.1 Å². The largest absolute Gasteiger partial charge is 0.312 e. The Bertz CT molecular complexity index is 346. The number of hydrogen-bond donors (Lipinski definition) is 1. The van der Waals surface area contributed by atoms with Gasteiger partial charge in [0.25, 0.3) is 0 Å². The Kier molecular flexibility index (Phi) is 5.87. The zero-order valence-electron chi connectivity index (χ0n) is 12.4. The molecule has 1 saturated carbocycles. The van der Waals surface area contributed by atoms with Gasteiger partial charge in [-0.1, -0.05) is 43.7 Å². The van der Waals surface area contributed by atoms with Gasteiger partial charge in [0.1, 0.15) is 0 Å². The first-order valence-corrected chi connectivity index (χ1v) is 7.77. The van der Waals surface area contributed by atoms with E-state index in [9.17, 15) is 0 Å². The minimum atomic E-state index is 0.689. The van der Waals surface area contributed by atoms with Crippen molar-refractivity contribution in [1.29, 1.82) is 0 Å². The van der Waals surface area contributed by atoms with Gasteiger partial charge in [0.05, 0.1) is 0 Å². The van der Waals surface area contributed by atoms with Crippen molar-refractivity contribution in [3.8, 4) is 0 Å². The van der Waals surface area contributed by atoms with Crippen molar-refractivity contribution in [1.82, 2.24) is 10.2 Å². The first-order valence-electron chi connectivity index (χ1n) is 7.77. The summed E-state index contributed by atoms with van der Waals surface area (Å²) in [4.78, 5) is 2.53. The van der Waals surface area contributed by atoms with Crippen LogP contribution >= 0.6 is 0 Å². The van der Waals surface area contributed by atoms with E-state index in [0.717, 1.165) is 25.6 Å². The summed E-state index contributed by atoms with van der Waals surface area (Å²) >= 11 is 0. The fraction of sp³-hybridized carbons (Fsp3) is 0.647. The van der Waals surface area contributed by atoms with Gasteiger partial charge in [0.15, 0.2) is 0 Å². The van der Waals surface area contributed by atoms with Gasteiger partial charge < -0.3 is 10.2 Å². The Morgan fingerprint density at radius 1 is 1.26 bits per heavy atom. The van der Waals surface area contributed by atoms with Gasteiger partial charge in [0, 0.05) is 25.2 Å². The van der Waals surface area contributed by atoms with Crippen LogP contribution in [0.1, 0.15) is 38.2 Å². The topological polar surface area (TPSA) is 15.3 Å². The highest BCUT2D eigenvalue weighted by molar-refractivity contribution is 5.14. The number of nitrogens with one attached hydrogen (secondary N) is 1. The molecular formula is C17H28N2. The molecule has 0 spiro atoms. The van der Waals surface area contributed by atoms with Crippen molar-refractivity contribution in [3.63, 3.8) is 0 Å². The molecule has 0 amide bonds. The van der Waals surface area contributed by atoms with Gasteiger partial charge in [-0.05, 0) is 38.3 Å². The highest BCUT2D eigenvalue weighted by atomic mass is 15.2. The third-order valence-corrected chi connectivity index (χ3v) is 4.06. The number of nitrogens with zero attached hydrogens (tertiary/aromatic N) is 1. The fourth-order valence-corrected chi connectivity index (χ4v) is 2.53. The Morgan fingerprint density at radius 2 is 2.00 bits per heavy atom. The maximum Gasteiger partial charge on any atom is 0.0217 e. The molecule has 2 heteroatoms. The maximum absolute atomic E-state index is 3.68. The van der Waals surface area contributed by atoms with E-state index in [1.165, 1.54) is 31.2 Å². The van der Waals surface area contributed by atoms with Crippen LogP contribution in [0.2, 0.25) is 0 Å². The van der Waals surface area contributed by atoms with Gasteiger partial charge in [-0.25, -0.2) is 0 Å². The minimum absolute atomic E-state index is 0.689. The summed E-state index contributed by atoms with van der Waals surface area (Å²) in [5, 5.41) is 3.68. The van der Waals surface area contributed by atoms with E-state index in [2.05, 4.69) is 54.5 Å². The Morgan fingerprint density at radius 3 is 2.63 bits per heavy atom. The van der Waals surface area contributed by atoms with Crippen LogP contribution in [0.3, 0.4) is 0 Å². The standard InChI is InChI=1S/C17H28N2/c1-3-7-17(14-18-16-10-11-16)19(2)13-12-15-8-5-4-6-9-15/h4-6,8-9,16-18H,3,7,10-14H2,1-2H3. The molecule has 0 saturated heterocycles. The van der Waals surface area contributed by atoms with Crippen molar-refractivity contribution < 1.29 is 0 Å². The van der Waals surface area contributed by atoms with Crippen LogP contribution in [0.5, 0.6) is 0 Å². The van der Waals surface area contributed by atoms with Crippen LogP contribution in [0.4, 0.5) is 0 Å². The van der Waals surface area contributed by atoms with E-state index in [-0.39, 0.29) is 0 Å². The van der Waals surface area contributed by atoms with Crippen LogP contribution in [0.15, 0.2) is 30.3 Å². The minimum Gasteiger partial charge on any atom is -0.312 e. The molecule has 1 aromatic rings. The first-order chi connectivity index (χ1) is 9.29. The van der Waals surface area contributed by atoms with Crippen molar-refractivity contribution in [3.05, 3.63) is 35.9 Å². The SMILES string of the molecule is CCCC(CNC1CC1)N(C)CCc1ccccc1. The van der Waals surface area contributed by atoms with Gasteiger partial charge >= 0.3 is 0 Å². The average molecular weight is 260 g/mol. The third-order valence-electron chi connectivity index (χ3n) is 4.06. The molecule has 1 unspecified atom stereocenters. The summed E-state index contributed by atoms with van der Waals surface area (Å²) in [7, 11) is 2.28. The van der Waals surface area contributed by atoms with E-state index < -0.39 is 0 Å². The monoisotopic (exact) mass is 260 g/mol. The molecule has 0 aliphatic heterocycles. The number of benzene rings is 1. The first kappa shape index (κ1) is 14.5. The van der Waals surface area contributed by atoms with Crippen LogP contribution in [-0.4, -0.2) is 37.1 Å². The Hall–Kier alpha value is -0.860. The molecule has 1 aliphatic carbocycles. The van der Waals surface area contributed by atoms with Gasteiger partial charge in [-0.15, -0.1) is 0 Å². The van der Waals surface area contributed by atoms with Crippen molar-refractivity contribution in [2.45, 2.75) is 51.1 Å². The van der Waals surface area contributed by atoms with Crippen LogP contribution in [0, 0.1) is 0 Å². The molecule has 1 N–H and O–H groups in total. The molecule has 2 nitrogen and oxygen atoms in total. The van der Waals surface area contributed by atoms with E-state index in [1.807, 2.05) is 0 Å². The molecule has 1 aromatic carbocycles. The number of rotatable bonds is 9. The van der Waals surface area contributed by atoms with Crippen LogP contribution < -0.4 is 5.32 Å². The number of likely N-dealkylation sites (N-methyl/N-ethyl adjacent to an activating group) is 1. The summed E-state index contributed by atoms with van der Waals surface area (Å²) in [6, 6.07) is 12.3. The molecule has 2 rings (SSSR count). The predicted molar refractivity (Wildman–Crippen MR) is 82.5 cm³/mol. The smallest absolute Gasteiger partial charge is 0.0217 e. The zero-order valence-corrected chi connectivity index (χ0v) is 12.4. The van der Waals surface area contributed by atoms with Gasteiger partial charge in [-0.2, -0.15) is 0 Å². The van der Waals surface area contributed by atoms with Crippen LogP contribution in [0.25, 0.3) is 0 Å². The highest BCUT2D eigenvalue weighted by Crippen LogP contribution is 2.19. The van der Waals surface area contributed by atoms with Gasteiger partial charge in [-0.3, -0.25) is 0 Å². The fourth-order valence-electron chi connectivity index (χ4n) is 2.53. The highest BCUT2D eigenvalue weighted by Gasteiger charge is 2.22. The molecule has 1 fully saturated rings.